The predicted octanol–water partition coefficient (Wildman–Crippen LogP) is 1.60. The molecule has 1 aliphatic heterocycles. The molecule has 0 radical (unpaired) electrons. The fourth-order valence-corrected chi connectivity index (χ4v) is 3.08. The zero-order valence-corrected chi connectivity index (χ0v) is 13.1. The van der Waals surface area contributed by atoms with Gasteiger partial charge < -0.3 is 10.6 Å². The van der Waals surface area contributed by atoms with Gasteiger partial charge in [0.2, 0.25) is 5.91 Å². The van der Waals surface area contributed by atoms with Gasteiger partial charge in [-0.3, -0.25) is 9.48 Å². The highest BCUT2D eigenvalue weighted by Gasteiger charge is 2.33. The van der Waals surface area contributed by atoms with Crippen LogP contribution in [0.1, 0.15) is 11.5 Å². The van der Waals surface area contributed by atoms with Crippen LogP contribution >= 0.6 is 15.9 Å². The third-order valence-electron chi connectivity index (χ3n) is 3.84. The van der Waals surface area contributed by atoms with Gasteiger partial charge in [-0.15, -0.1) is 0 Å². The summed E-state index contributed by atoms with van der Waals surface area (Å²) in [5, 5.41) is 4.11. The Hall–Kier alpha value is -1.66. The Morgan fingerprint density at radius 3 is 2.76 bits per heavy atom. The van der Waals surface area contributed by atoms with Crippen LogP contribution in [0.4, 0.5) is 0 Å². The Balaban J connectivity index is 1.66. The second kappa shape index (κ2) is 5.99. The number of hydrogen-bond donors (Lipinski definition) is 1. The van der Waals surface area contributed by atoms with Gasteiger partial charge in [-0.1, -0.05) is 30.3 Å². The van der Waals surface area contributed by atoms with Crippen LogP contribution in [-0.2, 0) is 11.3 Å². The Morgan fingerprint density at radius 2 is 2.10 bits per heavy atom. The Bertz CT molecular complexity index is 628. The van der Waals surface area contributed by atoms with Crippen LogP contribution in [0.3, 0.4) is 0 Å². The normalized spacial score (nSPS) is 21.7. The minimum Gasteiger partial charge on any atom is -0.339 e. The smallest absolute Gasteiger partial charge is 0.244 e. The first-order chi connectivity index (χ1) is 10.1. The third-order valence-corrected chi connectivity index (χ3v) is 4.25. The number of carbonyl (C=O) groups excluding carboxylic acids is 1. The summed E-state index contributed by atoms with van der Waals surface area (Å²) in [6.45, 7) is 1.52. The summed E-state index contributed by atoms with van der Waals surface area (Å²) in [7, 11) is 0. The van der Waals surface area contributed by atoms with Crippen LogP contribution in [0.2, 0.25) is 0 Å². The van der Waals surface area contributed by atoms with E-state index in [0.29, 0.717) is 13.1 Å². The molecule has 0 bridgehead atoms. The molecule has 0 saturated carbocycles. The summed E-state index contributed by atoms with van der Waals surface area (Å²) in [5.41, 5.74) is 7.41. The lowest BCUT2D eigenvalue weighted by molar-refractivity contribution is -0.131. The molecule has 1 fully saturated rings. The second-order valence-corrected chi connectivity index (χ2v) is 6.25. The highest BCUT2D eigenvalue weighted by molar-refractivity contribution is 9.10. The molecule has 6 heteroatoms. The van der Waals surface area contributed by atoms with Crippen molar-refractivity contribution in [1.29, 1.82) is 0 Å². The van der Waals surface area contributed by atoms with Crippen molar-refractivity contribution in [1.82, 2.24) is 14.7 Å². The quantitative estimate of drug-likeness (QED) is 0.916. The van der Waals surface area contributed by atoms with Crippen LogP contribution in [0.15, 0.2) is 47.2 Å². The van der Waals surface area contributed by atoms with Gasteiger partial charge in [-0.25, -0.2) is 0 Å². The highest BCUT2D eigenvalue weighted by atomic mass is 79.9. The van der Waals surface area contributed by atoms with E-state index >= 15 is 0 Å². The molecule has 2 heterocycles. The van der Waals surface area contributed by atoms with E-state index in [0.717, 1.165) is 4.47 Å². The Kier molecular flexibility index (Phi) is 4.07. The fraction of sp³-hybridized carbons (Fsp3) is 0.333. The first-order valence-electron chi connectivity index (χ1n) is 6.90. The van der Waals surface area contributed by atoms with Crippen molar-refractivity contribution in [3.05, 3.63) is 52.8 Å². The second-order valence-electron chi connectivity index (χ2n) is 5.34. The van der Waals surface area contributed by atoms with E-state index in [4.69, 9.17) is 5.73 Å². The molecule has 21 heavy (non-hydrogen) atoms. The molecule has 2 atom stereocenters. The van der Waals surface area contributed by atoms with E-state index in [2.05, 4.69) is 33.2 Å². The number of nitrogens with two attached hydrogens (primary N) is 1. The summed E-state index contributed by atoms with van der Waals surface area (Å²) in [4.78, 5) is 14.2. The van der Waals surface area contributed by atoms with Gasteiger partial charge in [0.1, 0.15) is 6.54 Å². The van der Waals surface area contributed by atoms with Crippen LogP contribution in [0.25, 0.3) is 0 Å². The van der Waals surface area contributed by atoms with E-state index in [1.165, 1.54) is 5.56 Å². The van der Waals surface area contributed by atoms with Crippen LogP contribution < -0.4 is 5.73 Å². The van der Waals surface area contributed by atoms with Crippen molar-refractivity contribution >= 4 is 21.8 Å². The molecule has 2 aromatic rings. The number of amides is 1. The van der Waals surface area contributed by atoms with Crippen LogP contribution in [0.5, 0.6) is 0 Å². The Labute approximate surface area is 131 Å². The molecule has 1 saturated heterocycles. The van der Waals surface area contributed by atoms with E-state index in [9.17, 15) is 4.79 Å². The number of hydrogen-bond acceptors (Lipinski definition) is 3. The van der Waals surface area contributed by atoms with Gasteiger partial charge in [-0.05, 0) is 21.5 Å². The molecule has 0 aliphatic carbocycles. The minimum atomic E-state index is -0.0132. The molecule has 5 nitrogen and oxygen atoms in total. The van der Waals surface area contributed by atoms with E-state index in [-0.39, 0.29) is 24.4 Å². The number of rotatable bonds is 3. The van der Waals surface area contributed by atoms with Crippen molar-refractivity contribution in [3.63, 3.8) is 0 Å². The lowest BCUT2D eigenvalue weighted by Crippen LogP contribution is -2.34. The van der Waals surface area contributed by atoms with E-state index in [1.54, 1.807) is 17.1 Å². The zero-order valence-electron chi connectivity index (χ0n) is 11.5. The van der Waals surface area contributed by atoms with Crippen molar-refractivity contribution in [2.45, 2.75) is 18.5 Å². The molecular weight excluding hydrogens is 332 g/mol. The Morgan fingerprint density at radius 1 is 1.33 bits per heavy atom. The maximum atomic E-state index is 12.3. The van der Waals surface area contributed by atoms with Gasteiger partial charge in [0.25, 0.3) is 0 Å². The number of aromatic nitrogens is 2. The fourth-order valence-electron chi connectivity index (χ4n) is 2.75. The number of nitrogens with zero attached hydrogens (tertiary/aromatic N) is 3. The SMILES string of the molecule is N[C@@H]1CN(C(=O)Cn2cc(Br)cn2)C[C@H]1c1ccccc1. The number of carbonyl (C=O) groups is 1. The van der Waals surface area contributed by atoms with Gasteiger partial charge in [0.15, 0.2) is 0 Å². The summed E-state index contributed by atoms with van der Waals surface area (Å²) in [5.74, 6) is 0.263. The topological polar surface area (TPSA) is 64.2 Å². The van der Waals surface area contributed by atoms with E-state index in [1.807, 2.05) is 23.1 Å². The summed E-state index contributed by atoms with van der Waals surface area (Å²) >= 11 is 3.33. The van der Waals surface area contributed by atoms with Crippen LogP contribution in [-0.4, -0.2) is 39.7 Å². The maximum Gasteiger partial charge on any atom is 0.244 e. The van der Waals surface area contributed by atoms with Crippen LogP contribution in [0, 0.1) is 0 Å². The first kappa shape index (κ1) is 14.3. The highest BCUT2D eigenvalue weighted by Crippen LogP contribution is 2.26. The summed E-state index contributed by atoms with van der Waals surface area (Å²) < 4.78 is 2.50. The summed E-state index contributed by atoms with van der Waals surface area (Å²) in [6, 6.07) is 10.1. The number of benzene rings is 1. The van der Waals surface area contributed by atoms with Crippen molar-refractivity contribution in [2.24, 2.45) is 5.73 Å². The first-order valence-corrected chi connectivity index (χ1v) is 7.69. The molecular formula is C15H17BrN4O. The molecule has 0 spiro atoms. The van der Waals surface area contributed by atoms with Crippen molar-refractivity contribution < 1.29 is 4.79 Å². The lowest BCUT2D eigenvalue weighted by Gasteiger charge is -2.16. The molecule has 2 N–H and O–H groups in total. The van der Waals surface area contributed by atoms with Crippen molar-refractivity contribution in [2.75, 3.05) is 13.1 Å². The molecule has 1 aromatic heterocycles. The molecule has 3 rings (SSSR count). The molecule has 1 aliphatic rings. The van der Waals surface area contributed by atoms with Crippen molar-refractivity contribution in [3.8, 4) is 0 Å². The van der Waals surface area contributed by atoms with Gasteiger partial charge in [0, 0.05) is 31.2 Å². The summed E-state index contributed by atoms with van der Waals surface area (Å²) in [6.07, 6.45) is 3.47. The average Bonchev–Trinajstić information content (AvgIpc) is 3.06. The molecule has 1 amide bonds. The number of likely N-dealkylation sites (tertiary alicyclic amines) is 1. The molecule has 110 valence electrons. The largest absolute Gasteiger partial charge is 0.339 e. The average molecular weight is 349 g/mol. The van der Waals surface area contributed by atoms with E-state index < -0.39 is 0 Å². The predicted molar refractivity (Wildman–Crippen MR) is 83.7 cm³/mol. The van der Waals surface area contributed by atoms with Gasteiger partial charge in [-0.2, -0.15) is 5.10 Å². The minimum absolute atomic E-state index is 0.0132. The number of halogens is 1. The lowest BCUT2D eigenvalue weighted by atomic mass is 9.95. The van der Waals surface area contributed by atoms with Gasteiger partial charge in [0.05, 0.1) is 10.7 Å². The molecule has 0 unspecified atom stereocenters. The molecule has 1 aromatic carbocycles. The monoisotopic (exact) mass is 348 g/mol. The van der Waals surface area contributed by atoms with Gasteiger partial charge >= 0.3 is 0 Å². The maximum absolute atomic E-state index is 12.3. The third kappa shape index (κ3) is 3.16. The zero-order chi connectivity index (χ0) is 14.8. The standard InChI is InChI=1S/C15H17BrN4O/c16-12-6-18-20(7-12)10-15(21)19-8-13(14(17)9-19)11-4-2-1-3-5-11/h1-7,13-14H,8-10,17H2/t13-,14+/m0/s1.